The number of hydrogen-bond donors (Lipinski definition) is 2. The maximum atomic E-state index is 14.1. The van der Waals surface area contributed by atoms with Crippen molar-refractivity contribution in [2.75, 3.05) is 13.7 Å². The monoisotopic (exact) mass is 459 g/mol. The lowest BCUT2D eigenvalue weighted by Crippen LogP contribution is -2.49. The molecule has 0 radical (unpaired) electrons. The molecule has 2 bridgehead atoms. The average molecular weight is 459 g/mol. The molecule has 33 heavy (non-hydrogen) atoms. The molecule has 0 aliphatic carbocycles. The van der Waals surface area contributed by atoms with Gasteiger partial charge in [-0.3, -0.25) is 14.4 Å². The number of methoxy groups -OCH3 is 1. The van der Waals surface area contributed by atoms with Gasteiger partial charge >= 0.3 is 0 Å². The van der Waals surface area contributed by atoms with Gasteiger partial charge < -0.3 is 24.6 Å². The summed E-state index contributed by atoms with van der Waals surface area (Å²) in [5.41, 5.74) is -1.71. The van der Waals surface area contributed by atoms with Gasteiger partial charge in [-0.2, -0.15) is 0 Å². The maximum Gasteiger partial charge on any atom is 0.275 e. The first kappa shape index (κ1) is 22.7. The lowest BCUT2D eigenvalue weighted by molar-refractivity contribution is 0.0435. The van der Waals surface area contributed by atoms with Crippen LogP contribution in [0.4, 0.5) is 8.78 Å². The van der Waals surface area contributed by atoms with Gasteiger partial charge in [0.1, 0.15) is 17.2 Å². The van der Waals surface area contributed by atoms with E-state index in [4.69, 9.17) is 4.74 Å². The number of fused-ring (bicyclic) bond motifs is 4. The predicted molar refractivity (Wildman–Crippen MR) is 114 cm³/mol. The lowest BCUT2D eigenvalue weighted by Gasteiger charge is -2.38. The number of rotatable bonds is 4. The normalized spacial score (nSPS) is 21.5. The molecule has 10 heteroatoms. The van der Waals surface area contributed by atoms with Crippen molar-refractivity contribution in [3.05, 3.63) is 74.7 Å². The highest BCUT2D eigenvalue weighted by Crippen LogP contribution is 2.33. The Labute approximate surface area is 188 Å². The Morgan fingerprint density at radius 2 is 1.91 bits per heavy atom. The molecule has 0 fully saturated rings. The first-order valence-corrected chi connectivity index (χ1v) is 10.4. The summed E-state index contributed by atoms with van der Waals surface area (Å²) in [4.78, 5) is 40.0. The van der Waals surface area contributed by atoms with E-state index in [1.807, 2.05) is 0 Å². The summed E-state index contributed by atoms with van der Waals surface area (Å²) in [6.45, 7) is 3.07. The number of nitrogens with one attached hydrogen (secondary N) is 1. The van der Waals surface area contributed by atoms with Crippen LogP contribution in [0.2, 0.25) is 0 Å². The topological polar surface area (TPSA) is 101 Å². The van der Waals surface area contributed by atoms with Crippen LogP contribution >= 0.6 is 0 Å². The van der Waals surface area contributed by atoms with Crippen LogP contribution in [0.15, 0.2) is 35.3 Å². The molecule has 0 spiro atoms. The van der Waals surface area contributed by atoms with Crippen LogP contribution < -0.4 is 10.7 Å². The molecule has 3 atom stereocenters. The first-order valence-electron chi connectivity index (χ1n) is 10.4. The Kier molecular flexibility index (Phi) is 5.79. The van der Waals surface area contributed by atoms with Gasteiger partial charge in [0.05, 0.1) is 12.1 Å². The van der Waals surface area contributed by atoms with Gasteiger partial charge in [-0.1, -0.05) is 12.2 Å². The van der Waals surface area contributed by atoms with E-state index in [1.54, 1.807) is 19.1 Å². The molecule has 2 amide bonds. The number of benzene rings is 1. The number of aromatic hydroxyl groups is 1. The van der Waals surface area contributed by atoms with Crippen molar-refractivity contribution >= 4 is 11.8 Å². The third-order valence-corrected chi connectivity index (χ3v) is 6.09. The summed E-state index contributed by atoms with van der Waals surface area (Å²) < 4.78 is 35.1. The fourth-order valence-corrected chi connectivity index (χ4v) is 4.28. The maximum absolute atomic E-state index is 14.1. The van der Waals surface area contributed by atoms with Crippen molar-refractivity contribution in [1.29, 1.82) is 0 Å². The molecule has 2 aliphatic heterocycles. The third-order valence-electron chi connectivity index (χ3n) is 6.09. The van der Waals surface area contributed by atoms with Crippen LogP contribution in [0.5, 0.6) is 5.75 Å². The average Bonchev–Trinajstić information content (AvgIpc) is 2.90. The Hall–Kier alpha value is -3.53. The Morgan fingerprint density at radius 1 is 1.24 bits per heavy atom. The van der Waals surface area contributed by atoms with Gasteiger partial charge in [-0.05, 0) is 31.5 Å². The molecule has 1 aromatic carbocycles. The number of carbonyl (C=O) groups is 2. The first-order chi connectivity index (χ1) is 15.6. The van der Waals surface area contributed by atoms with Crippen molar-refractivity contribution in [2.24, 2.45) is 0 Å². The minimum absolute atomic E-state index is 0.235. The number of nitrogens with zero attached hydrogens (tertiary/aromatic N) is 2. The predicted octanol–water partition coefficient (Wildman–Crippen LogP) is 2.04. The van der Waals surface area contributed by atoms with Crippen LogP contribution in [0.25, 0.3) is 0 Å². The number of pyridine rings is 1. The smallest absolute Gasteiger partial charge is 0.275 e. The van der Waals surface area contributed by atoms with Crippen LogP contribution in [-0.4, -0.2) is 52.2 Å². The summed E-state index contributed by atoms with van der Waals surface area (Å²) in [5, 5.41) is 12.9. The second-order valence-corrected chi connectivity index (χ2v) is 8.22. The largest absolute Gasteiger partial charge is 0.503 e. The zero-order valence-electron chi connectivity index (χ0n) is 18.3. The highest BCUT2D eigenvalue weighted by Gasteiger charge is 2.41. The van der Waals surface area contributed by atoms with Crippen molar-refractivity contribution in [3.8, 4) is 5.75 Å². The highest BCUT2D eigenvalue weighted by atomic mass is 19.1. The lowest BCUT2D eigenvalue weighted by atomic mass is 10.0. The minimum Gasteiger partial charge on any atom is -0.503 e. The molecular formula is C23H23F2N3O5. The van der Waals surface area contributed by atoms with Crippen LogP contribution in [0.3, 0.4) is 0 Å². The minimum atomic E-state index is -1.05. The van der Waals surface area contributed by atoms with Gasteiger partial charge in [-0.15, -0.1) is 0 Å². The second-order valence-electron chi connectivity index (χ2n) is 8.22. The number of carbonyl (C=O) groups excluding carboxylic acids is 2. The van der Waals surface area contributed by atoms with Gasteiger partial charge in [0.15, 0.2) is 11.4 Å². The Morgan fingerprint density at radius 3 is 2.55 bits per heavy atom. The van der Waals surface area contributed by atoms with Crippen molar-refractivity contribution in [3.63, 3.8) is 0 Å². The quantitative estimate of drug-likeness (QED) is 0.682. The highest BCUT2D eigenvalue weighted by molar-refractivity contribution is 5.99. The number of hydrogen-bond acceptors (Lipinski definition) is 5. The fourth-order valence-electron chi connectivity index (χ4n) is 4.28. The number of amides is 2. The van der Waals surface area contributed by atoms with Gasteiger partial charge in [-0.25, -0.2) is 8.78 Å². The summed E-state index contributed by atoms with van der Waals surface area (Å²) in [5.74, 6) is -4.01. The molecule has 0 saturated carbocycles. The molecule has 2 N–H and O–H groups in total. The molecule has 0 saturated heterocycles. The number of aryl methyl sites for hydroxylation is 1. The van der Waals surface area contributed by atoms with E-state index in [0.717, 1.165) is 12.1 Å². The summed E-state index contributed by atoms with van der Waals surface area (Å²) >= 11 is 0. The molecule has 8 nitrogen and oxygen atoms in total. The van der Waals surface area contributed by atoms with E-state index in [9.17, 15) is 28.3 Å². The van der Waals surface area contributed by atoms with Crippen LogP contribution in [0, 0.1) is 18.6 Å². The van der Waals surface area contributed by atoms with Gasteiger partial charge in [0.2, 0.25) is 5.43 Å². The standard InChI is InChI=1S/C23H23F2N3O5/c1-11-6-15(24)13(16(25)7-11)8-26-22(31)14-9-28-17-10-27(12(2)4-5-18(17)33-3)23(32)19(28)21(30)20(14)29/h4-7,9,12,17-18,30H,8,10H2,1-3H3,(H,26,31)/t12-,17+,18+/m0/s1. The third kappa shape index (κ3) is 3.80. The summed E-state index contributed by atoms with van der Waals surface area (Å²) in [6.07, 6.45) is 4.28. The molecule has 4 rings (SSSR count). The zero-order chi connectivity index (χ0) is 24.0. The summed E-state index contributed by atoms with van der Waals surface area (Å²) in [7, 11) is 1.49. The van der Waals surface area contributed by atoms with Crippen molar-refractivity contribution in [2.45, 2.75) is 38.6 Å². The Balaban J connectivity index is 1.72. The van der Waals surface area contributed by atoms with E-state index in [2.05, 4.69) is 5.32 Å². The Bertz CT molecular complexity index is 1220. The van der Waals surface area contributed by atoms with Crippen LogP contribution in [-0.2, 0) is 11.3 Å². The molecule has 2 aliphatic rings. The zero-order valence-corrected chi connectivity index (χ0v) is 18.3. The van der Waals surface area contributed by atoms with Crippen molar-refractivity contribution < 1.29 is 28.2 Å². The molecule has 174 valence electrons. The van der Waals surface area contributed by atoms with E-state index in [-0.39, 0.29) is 23.8 Å². The molecule has 3 heterocycles. The number of halogens is 2. The fraction of sp³-hybridized carbons (Fsp3) is 0.348. The van der Waals surface area contributed by atoms with Gasteiger partial charge in [0, 0.05) is 38.0 Å². The van der Waals surface area contributed by atoms with Crippen molar-refractivity contribution in [1.82, 2.24) is 14.8 Å². The molecular weight excluding hydrogens is 436 g/mol. The summed E-state index contributed by atoms with van der Waals surface area (Å²) in [6, 6.07) is 1.47. The van der Waals surface area contributed by atoms with E-state index in [0.29, 0.717) is 5.56 Å². The molecule has 2 aromatic rings. The molecule has 0 unspecified atom stereocenters. The van der Waals surface area contributed by atoms with E-state index in [1.165, 1.54) is 29.7 Å². The SMILES string of the molecule is CO[C@@H]1C=C[C@H](C)N2C[C@H]1n1cc(C(=O)NCc3c(F)cc(C)cc3F)c(=O)c(O)c1C2=O. The van der Waals surface area contributed by atoms with Crippen LogP contribution in [0.1, 0.15) is 44.9 Å². The molecule has 1 aromatic heterocycles. The van der Waals surface area contributed by atoms with E-state index >= 15 is 0 Å². The van der Waals surface area contributed by atoms with Gasteiger partial charge in [0.25, 0.3) is 11.8 Å². The number of aromatic nitrogens is 1. The van der Waals surface area contributed by atoms with E-state index < -0.39 is 58.9 Å². The number of ether oxygens (including phenoxy) is 1. The second kappa shape index (κ2) is 8.43.